The molecule has 2 fully saturated rings. The maximum atomic E-state index is 12.8. The number of rotatable bonds is 10. The summed E-state index contributed by atoms with van der Waals surface area (Å²) in [4.78, 5) is 42.1. The average Bonchev–Trinajstić information content (AvgIpc) is 3.47. The average molecular weight is 664 g/mol. The summed E-state index contributed by atoms with van der Waals surface area (Å²) in [5.74, 6) is 0.0561. The highest BCUT2D eigenvalue weighted by molar-refractivity contribution is 7.17. The van der Waals surface area contributed by atoms with Crippen molar-refractivity contribution in [3.05, 3.63) is 51.7 Å². The molecule has 15 nitrogen and oxygen atoms in total. The number of aliphatic carboxylic acids is 1. The first-order chi connectivity index (χ1) is 21.5. The number of carboxylic acid groups (broad SMARTS) is 1. The number of hydrogen-bond acceptors (Lipinski definition) is 14. The van der Waals surface area contributed by atoms with Gasteiger partial charge in [0, 0.05) is 38.8 Å². The second kappa shape index (κ2) is 14.3. The molecule has 0 aliphatic carbocycles. The van der Waals surface area contributed by atoms with Crippen molar-refractivity contribution in [1.29, 1.82) is 0 Å². The topological polar surface area (TPSA) is 203 Å². The smallest absolute Gasteiger partial charge is 0.335 e. The van der Waals surface area contributed by atoms with E-state index in [1.807, 2.05) is 25.1 Å². The van der Waals surface area contributed by atoms with Gasteiger partial charge < -0.3 is 45.4 Å². The molecular weight excluding hydrogens is 630 g/mol. The molecule has 5 rings (SSSR count). The fourth-order valence-electron chi connectivity index (χ4n) is 4.98. The molecule has 0 bridgehead atoms. The van der Waals surface area contributed by atoms with Gasteiger partial charge in [-0.1, -0.05) is 35.1 Å². The maximum absolute atomic E-state index is 12.8. The molecule has 2 saturated heterocycles. The molecule has 3 aromatic rings. The minimum atomic E-state index is -1.76. The molecule has 1 amide bonds. The number of nitrogens with one attached hydrogen (secondary N) is 2. The van der Waals surface area contributed by atoms with Crippen LogP contribution < -0.4 is 15.5 Å². The molecule has 2 aliphatic heterocycles. The normalized spacial score (nSPS) is 24.0. The predicted molar refractivity (Wildman–Crippen MR) is 165 cm³/mol. The van der Waals surface area contributed by atoms with Crippen molar-refractivity contribution < 1.29 is 39.5 Å². The van der Waals surface area contributed by atoms with Gasteiger partial charge in [0.2, 0.25) is 0 Å². The quantitative estimate of drug-likeness (QED) is 0.181. The molecule has 6 N–H and O–H groups in total. The van der Waals surface area contributed by atoms with Gasteiger partial charge in [-0.15, -0.1) is 0 Å². The van der Waals surface area contributed by atoms with Gasteiger partial charge in [0.05, 0.1) is 23.5 Å². The Kier molecular flexibility index (Phi) is 10.5. The molecule has 1 aromatic carbocycles. The number of halogens is 1. The predicted octanol–water partition coefficient (Wildman–Crippen LogP) is 1.23. The summed E-state index contributed by atoms with van der Waals surface area (Å²) in [7, 11) is 0. The molecular formula is C28H34ClN7O8S. The maximum Gasteiger partial charge on any atom is 0.335 e. The van der Waals surface area contributed by atoms with Crippen LogP contribution in [-0.2, 0) is 14.3 Å². The van der Waals surface area contributed by atoms with E-state index in [9.17, 15) is 30.0 Å². The summed E-state index contributed by atoms with van der Waals surface area (Å²) in [5.41, 5.74) is 1.41. The van der Waals surface area contributed by atoms with Gasteiger partial charge in [-0.05, 0) is 25.5 Å². The highest BCUT2D eigenvalue weighted by Gasteiger charge is 2.47. The molecule has 4 heterocycles. The fraction of sp³-hybridized carbons (Fsp3) is 0.464. The lowest BCUT2D eigenvalue weighted by Crippen LogP contribution is -2.60. The van der Waals surface area contributed by atoms with Crippen LogP contribution in [-0.4, -0.2) is 122 Å². The second-order valence-corrected chi connectivity index (χ2v) is 12.1. The molecule has 5 atom stereocenters. The van der Waals surface area contributed by atoms with Crippen LogP contribution >= 0.6 is 22.9 Å². The standard InChI is InChI=1S/C28H34ClN7O8S/c1-14-4-3-5-16(29)20(14)34-25(40)17-13-30-28(45-17)33-18-12-19(32-15(2)31-18)36-8-6-35(7-9-36)10-11-43-27-23(39)21(37)22(38)24(44-27)26(41)42/h3-5,12-13,21-24,27,37-39H,6-11H2,1-2H3,(H,34,40)(H,41,42)(H,30,31,32,33)/t21?,22-,23?,24?,27-/m1/s1. The number of para-hydroxylation sites is 1. The first-order valence-corrected chi connectivity index (χ1v) is 15.4. The molecule has 0 saturated carbocycles. The second-order valence-electron chi connectivity index (χ2n) is 10.6. The van der Waals surface area contributed by atoms with Crippen LogP contribution in [0.3, 0.4) is 0 Å². The van der Waals surface area contributed by atoms with Gasteiger partial charge in [0.15, 0.2) is 17.5 Å². The van der Waals surface area contributed by atoms with Crippen molar-refractivity contribution in [2.24, 2.45) is 0 Å². The number of carbonyl (C=O) groups excluding carboxylic acids is 1. The van der Waals surface area contributed by atoms with E-state index in [1.165, 1.54) is 17.5 Å². The van der Waals surface area contributed by atoms with Gasteiger partial charge >= 0.3 is 5.97 Å². The zero-order valence-corrected chi connectivity index (χ0v) is 26.0. The highest BCUT2D eigenvalue weighted by atomic mass is 35.5. The van der Waals surface area contributed by atoms with Gasteiger partial charge in [0.1, 0.15) is 40.6 Å². The molecule has 0 radical (unpaired) electrons. The largest absolute Gasteiger partial charge is 0.479 e. The molecule has 3 unspecified atom stereocenters. The van der Waals surface area contributed by atoms with Gasteiger partial charge in [0.25, 0.3) is 5.91 Å². The number of carboxylic acids is 1. The minimum Gasteiger partial charge on any atom is -0.479 e. The number of benzene rings is 1. The van der Waals surface area contributed by atoms with E-state index in [1.54, 1.807) is 13.0 Å². The Hall–Kier alpha value is -3.48. The van der Waals surface area contributed by atoms with Crippen molar-refractivity contribution in [2.45, 2.75) is 44.6 Å². The Morgan fingerprint density at radius 2 is 1.87 bits per heavy atom. The van der Waals surface area contributed by atoms with Crippen molar-refractivity contribution in [2.75, 3.05) is 54.9 Å². The van der Waals surface area contributed by atoms with Gasteiger partial charge in [-0.25, -0.2) is 19.7 Å². The number of thiazole rings is 1. The Morgan fingerprint density at radius 1 is 1.11 bits per heavy atom. The number of nitrogens with zero attached hydrogens (tertiary/aromatic N) is 5. The van der Waals surface area contributed by atoms with E-state index in [2.05, 4.69) is 35.4 Å². The van der Waals surface area contributed by atoms with Gasteiger partial charge in [-0.3, -0.25) is 9.69 Å². The zero-order valence-electron chi connectivity index (χ0n) is 24.5. The Morgan fingerprint density at radius 3 is 2.58 bits per heavy atom. The lowest BCUT2D eigenvalue weighted by molar-refractivity contribution is -0.294. The number of ether oxygens (including phenoxy) is 2. The summed E-state index contributed by atoms with van der Waals surface area (Å²) in [6.45, 7) is 6.92. The number of anilines is 4. The number of carbonyl (C=O) groups is 2. The van der Waals surface area contributed by atoms with Crippen molar-refractivity contribution in [3.63, 3.8) is 0 Å². The first kappa shape index (κ1) is 32.9. The molecule has 2 aliphatic rings. The summed E-state index contributed by atoms with van der Waals surface area (Å²) >= 11 is 7.43. The molecule has 17 heteroatoms. The van der Waals surface area contributed by atoms with Crippen molar-refractivity contribution in [1.82, 2.24) is 19.9 Å². The Balaban J connectivity index is 1.12. The summed E-state index contributed by atoms with van der Waals surface area (Å²) < 4.78 is 10.7. The van der Waals surface area contributed by atoms with E-state index < -0.39 is 36.7 Å². The first-order valence-electron chi connectivity index (χ1n) is 14.2. The van der Waals surface area contributed by atoms with Crippen LogP contribution in [0, 0.1) is 13.8 Å². The summed E-state index contributed by atoms with van der Waals surface area (Å²) in [6, 6.07) is 7.22. The van der Waals surface area contributed by atoms with Crippen LogP contribution in [0.25, 0.3) is 0 Å². The summed E-state index contributed by atoms with van der Waals surface area (Å²) in [5, 5.41) is 46.0. The van der Waals surface area contributed by atoms with E-state index in [4.69, 9.17) is 21.1 Å². The number of hydrogen-bond donors (Lipinski definition) is 6. The lowest BCUT2D eigenvalue weighted by atomic mass is 9.99. The van der Waals surface area contributed by atoms with E-state index in [0.29, 0.717) is 65.1 Å². The van der Waals surface area contributed by atoms with Crippen LogP contribution in [0.5, 0.6) is 0 Å². The van der Waals surface area contributed by atoms with Crippen LogP contribution in [0.1, 0.15) is 21.1 Å². The van der Waals surface area contributed by atoms with E-state index in [-0.39, 0.29) is 12.5 Å². The minimum absolute atomic E-state index is 0.114. The number of aliphatic hydroxyl groups is 3. The third-order valence-electron chi connectivity index (χ3n) is 7.45. The SMILES string of the molecule is Cc1nc(Nc2ncc(C(=O)Nc3c(C)cccc3Cl)s2)cc(N2CCN(CCO[C@@H]3OC(C(=O)O)[C@H](O)C(O)C3O)CC2)n1. The van der Waals surface area contributed by atoms with Crippen molar-refractivity contribution >= 4 is 57.3 Å². The zero-order chi connectivity index (χ0) is 32.2. The molecule has 2 aromatic heterocycles. The summed E-state index contributed by atoms with van der Waals surface area (Å²) in [6.07, 6.45) is -6.64. The van der Waals surface area contributed by atoms with Crippen LogP contribution in [0.2, 0.25) is 5.02 Å². The third kappa shape index (κ3) is 7.85. The van der Waals surface area contributed by atoms with Crippen molar-refractivity contribution in [3.8, 4) is 0 Å². The molecule has 242 valence electrons. The third-order valence-corrected chi connectivity index (χ3v) is 8.67. The number of amides is 1. The van der Waals surface area contributed by atoms with Crippen LogP contribution in [0.15, 0.2) is 30.5 Å². The molecule has 0 spiro atoms. The number of aryl methyl sites for hydroxylation is 2. The van der Waals surface area contributed by atoms with E-state index in [0.717, 1.165) is 11.4 Å². The molecule has 45 heavy (non-hydrogen) atoms. The lowest BCUT2D eigenvalue weighted by Gasteiger charge is -2.39. The number of piperazine rings is 1. The Labute approximate surface area is 267 Å². The van der Waals surface area contributed by atoms with Gasteiger partial charge in [-0.2, -0.15) is 0 Å². The van der Waals surface area contributed by atoms with Crippen LogP contribution in [0.4, 0.5) is 22.5 Å². The number of aromatic nitrogens is 3. The Bertz CT molecular complexity index is 1500. The number of aliphatic hydroxyl groups excluding tert-OH is 3. The van der Waals surface area contributed by atoms with E-state index >= 15 is 0 Å². The fourth-order valence-corrected chi connectivity index (χ4v) is 5.97. The monoisotopic (exact) mass is 663 g/mol. The highest BCUT2D eigenvalue weighted by Crippen LogP contribution is 2.29.